The number of likely N-dealkylation sites (N-methyl/N-ethyl adjacent to an activating group) is 1. The van der Waals surface area contributed by atoms with Gasteiger partial charge in [-0.1, -0.05) is 12.1 Å². The number of aromatic nitrogens is 2. The lowest BCUT2D eigenvalue weighted by atomic mass is 10.1. The molecule has 10 heteroatoms. The number of nitrogens with zero attached hydrogens (tertiary/aromatic N) is 2. The van der Waals surface area contributed by atoms with Crippen LogP contribution in [0.25, 0.3) is 0 Å². The molecule has 0 aliphatic carbocycles. The second-order valence-corrected chi connectivity index (χ2v) is 5.28. The average molecular weight is 399 g/mol. The second-order valence-electron chi connectivity index (χ2n) is 5.28. The van der Waals surface area contributed by atoms with Crippen LogP contribution in [-0.4, -0.2) is 33.9 Å². The number of aromatic amines is 1. The minimum absolute atomic E-state index is 0. The Kier molecular flexibility index (Phi) is 8.96. The molecule has 140 valence electrons. The molecule has 5 nitrogen and oxygen atoms in total. The largest absolute Gasteiger partial charge is 0.416 e. The van der Waals surface area contributed by atoms with Gasteiger partial charge in [-0.25, -0.2) is 4.98 Å². The third kappa shape index (κ3) is 6.56. The Bertz CT molecular complexity index is 665. The summed E-state index contributed by atoms with van der Waals surface area (Å²) in [5.41, 5.74) is 6.22. The van der Waals surface area contributed by atoms with E-state index in [0.717, 1.165) is 17.8 Å². The average Bonchev–Trinajstić information content (AvgIpc) is 2.98. The molecule has 1 aromatic carbocycles. The van der Waals surface area contributed by atoms with Gasteiger partial charge in [-0.15, -0.1) is 24.8 Å². The molecule has 1 atom stereocenters. The van der Waals surface area contributed by atoms with Crippen LogP contribution in [0.1, 0.15) is 16.8 Å². The first-order valence-corrected chi connectivity index (χ1v) is 6.91. The van der Waals surface area contributed by atoms with Crippen molar-refractivity contribution in [3.8, 4) is 0 Å². The fraction of sp³-hybridized carbons (Fsp3) is 0.333. The summed E-state index contributed by atoms with van der Waals surface area (Å²) in [7, 11) is 1.51. The predicted molar refractivity (Wildman–Crippen MR) is 92.7 cm³/mol. The van der Waals surface area contributed by atoms with E-state index in [1.165, 1.54) is 24.3 Å². The predicted octanol–water partition coefficient (Wildman–Crippen LogP) is 2.80. The number of rotatable bonds is 5. The summed E-state index contributed by atoms with van der Waals surface area (Å²) < 4.78 is 38.1. The molecule has 0 radical (unpaired) electrons. The van der Waals surface area contributed by atoms with Gasteiger partial charge in [-0.3, -0.25) is 4.79 Å². The molecule has 0 unspecified atom stereocenters. The third-order valence-electron chi connectivity index (χ3n) is 3.36. The lowest BCUT2D eigenvalue weighted by Crippen LogP contribution is -2.42. The molecule has 3 N–H and O–H groups in total. The highest BCUT2D eigenvalue weighted by Gasteiger charge is 2.30. The molecular formula is C15H19Cl2F3N4O. The summed E-state index contributed by atoms with van der Waals surface area (Å²) in [4.78, 5) is 20.2. The van der Waals surface area contributed by atoms with Crippen molar-refractivity contribution in [1.82, 2.24) is 14.9 Å². The van der Waals surface area contributed by atoms with Gasteiger partial charge in [0.15, 0.2) is 0 Å². The van der Waals surface area contributed by atoms with Crippen LogP contribution in [-0.2, 0) is 23.9 Å². The van der Waals surface area contributed by atoms with Crippen molar-refractivity contribution in [2.24, 2.45) is 5.73 Å². The van der Waals surface area contributed by atoms with Crippen molar-refractivity contribution < 1.29 is 18.0 Å². The lowest BCUT2D eigenvalue weighted by molar-refractivity contribution is -0.137. The highest BCUT2D eigenvalue weighted by Crippen LogP contribution is 2.29. The van der Waals surface area contributed by atoms with Gasteiger partial charge in [0.25, 0.3) is 0 Å². The Hall–Kier alpha value is -1.77. The van der Waals surface area contributed by atoms with E-state index in [1.807, 2.05) is 0 Å². The zero-order chi connectivity index (χ0) is 17.0. The van der Waals surface area contributed by atoms with Crippen LogP contribution in [0.4, 0.5) is 13.2 Å². The number of imidazole rings is 1. The van der Waals surface area contributed by atoms with E-state index in [0.29, 0.717) is 5.56 Å². The third-order valence-corrected chi connectivity index (χ3v) is 3.36. The summed E-state index contributed by atoms with van der Waals surface area (Å²) in [6.45, 7) is 0.0550. The quantitative estimate of drug-likeness (QED) is 0.812. The number of H-pyrrole nitrogens is 1. The standard InChI is InChI=1S/C15H17F3N4O.2ClH/c1-22(14(23)13(19)6-12-7-20-9-21-12)8-10-3-2-4-11(5-10)15(16,17)18;;/h2-5,7,9,13H,6,8,19H2,1H3,(H,20,21);2*1H/t13-;;/m0../s1. The van der Waals surface area contributed by atoms with Crippen LogP contribution < -0.4 is 5.73 Å². The van der Waals surface area contributed by atoms with Gasteiger partial charge < -0.3 is 15.6 Å². The molecule has 25 heavy (non-hydrogen) atoms. The SMILES string of the molecule is CN(Cc1cccc(C(F)(F)F)c1)C(=O)[C@@H](N)Cc1cnc[nH]1.Cl.Cl. The van der Waals surface area contributed by atoms with Gasteiger partial charge in [0, 0.05) is 31.9 Å². The summed E-state index contributed by atoms with van der Waals surface area (Å²) >= 11 is 0. The molecule has 0 saturated carbocycles. The molecule has 0 aliphatic heterocycles. The summed E-state index contributed by atoms with van der Waals surface area (Å²) in [5, 5.41) is 0. The molecule has 2 rings (SSSR count). The summed E-state index contributed by atoms with van der Waals surface area (Å²) in [6, 6.07) is 4.10. The van der Waals surface area contributed by atoms with Crippen molar-refractivity contribution in [2.45, 2.75) is 25.2 Å². The van der Waals surface area contributed by atoms with Gasteiger partial charge in [0.1, 0.15) is 0 Å². The van der Waals surface area contributed by atoms with Crippen LogP contribution >= 0.6 is 24.8 Å². The number of hydrogen-bond acceptors (Lipinski definition) is 3. The van der Waals surface area contributed by atoms with Crippen molar-refractivity contribution in [1.29, 1.82) is 0 Å². The molecule has 0 aliphatic rings. The van der Waals surface area contributed by atoms with Crippen molar-refractivity contribution in [3.05, 3.63) is 53.6 Å². The fourth-order valence-electron chi connectivity index (χ4n) is 2.20. The molecule has 0 fully saturated rings. The van der Waals surface area contributed by atoms with E-state index < -0.39 is 17.8 Å². The Morgan fingerprint density at radius 2 is 2.04 bits per heavy atom. The highest BCUT2D eigenvalue weighted by atomic mass is 35.5. The summed E-state index contributed by atoms with van der Waals surface area (Å²) in [5.74, 6) is -0.350. The van der Waals surface area contributed by atoms with Crippen LogP contribution in [0.2, 0.25) is 0 Å². The number of nitrogens with two attached hydrogens (primary N) is 1. The van der Waals surface area contributed by atoms with Crippen LogP contribution in [0.15, 0.2) is 36.8 Å². The first-order chi connectivity index (χ1) is 10.8. The molecule has 2 aromatic rings. The smallest absolute Gasteiger partial charge is 0.348 e. The zero-order valence-electron chi connectivity index (χ0n) is 13.3. The second kappa shape index (κ2) is 9.65. The molecular weight excluding hydrogens is 380 g/mol. The maximum atomic E-state index is 12.7. The molecule has 1 amide bonds. The van der Waals surface area contributed by atoms with E-state index >= 15 is 0 Å². The van der Waals surface area contributed by atoms with Gasteiger partial charge in [-0.2, -0.15) is 13.2 Å². The first-order valence-electron chi connectivity index (χ1n) is 6.91. The molecule has 1 heterocycles. The van der Waals surface area contributed by atoms with E-state index in [4.69, 9.17) is 5.73 Å². The van der Waals surface area contributed by atoms with E-state index in [2.05, 4.69) is 9.97 Å². The highest BCUT2D eigenvalue weighted by molar-refractivity contribution is 5.85. The number of amides is 1. The number of hydrogen-bond donors (Lipinski definition) is 2. The fourth-order valence-corrected chi connectivity index (χ4v) is 2.20. The minimum atomic E-state index is -4.41. The molecule has 0 saturated heterocycles. The van der Waals surface area contributed by atoms with Crippen LogP contribution in [0.5, 0.6) is 0 Å². The van der Waals surface area contributed by atoms with Crippen molar-refractivity contribution in [3.63, 3.8) is 0 Å². The van der Waals surface area contributed by atoms with Crippen molar-refractivity contribution >= 4 is 30.7 Å². The number of carbonyl (C=O) groups is 1. The van der Waals surface area contributed by atoms with Gasteiger partial charge in [0.05, 0.1) is 17.9 Å². The summed E-state index contributed by atoms with van der Waals surface area (Å²) in [6.07, 6.45) is -1.07. The van der Waals surface area contributed by atoms with E-state index in [-0.39, 0.29) is 43.7 Å². The first kappa shape index (κ1) is 23.2. The van der Waals surface area contributed by atoms with Gasteiger partial charge >= 0.3 is 6.18 Å². The monoisotopic (exact) mass is 398 g/mol. The number of alkyl halides is 3. The normalized spacial score (nSPS) is 11.9. The lowest BCUT2D eigenvalue weighted by Gasteiger charge is -2.21. The Morgan fingerprint density at radius 1 is 1.36 bits per heavy atom. The van der Waals surface area contributed by atoms with Crippen molar-refractivity contribution in [2.75, 3.05) is 7.05 Å². The number of halogens is 5. The molecule has 0 spiro atoms. The maximum absolute atomic E-state index is 12.7. The Morgan fingerprint density at radius 3 is 2.60 bits per heavy atom. The van der Waals surface area contributed by atoms with E-state index in [1.54, 1.807) is 12.3 Å². The number of benzene rings is 1. The minimum Gasteiger partial charge on any atom is -0.348 e. The van der Waals surface area contributed by atoms with Crippen LogP contribution in [0.3, 0.4) is 0 Å². The Labute approximate surface area is 155 Å². The van der Waals surface area contributed by atoms with E-state index in [9.17, 15) is 18.0 Å². The van der Waals surface area contributed by atoms with Crippen LogP contribution in [0, 0.1) is 0 Å². The topological polar surface area (TPSA) is 75.0 Å². The molecule has 0 bridgehead atoms. The Balaban J connectivity index is 0.00000288. The zero-order valence-corrected chi connectivity index (χ0v) is 14.9. The van der Waals surface area contributed by atoms with Gasteiger partial charge in [0.2, 0.25) is 5.91 Å². The maximum Gasteiger partial charge on any atom is 0.416 e. The number of nitrogens with one attached hydrogen (secondary N) is 1. The van der Waals surface area contributed by atoms with Gasteiger partial charge in [-0.05, 0) is 17.7 Å². The molecule has 1 aromatic heterocycles. The number of carbonyl (C=O) groups excluding carboxylic acids is 1.